The molecule has 1 aliphatic heterocycles. The summed E-state index contributed by atoms with van der Waals surface area (Å²) < 4.78 is 12.5. The molecule has 0 unspecified atom stereocenters. The average Bonchev–Trinajstić information content (AvgIpc) is 3.20. The second-order valence-corrected chi connectivity index (χ2v) is 6.43. The Hall–Kier alpha value is -3.61. The largest absolute Gasteiger partial charge is 0.489 e. The van der Waals surface area contributed by atoms with E-state index in [-0.39, 0.29) is 0 Å². The number of fused-ring (bicyclic) bond motifs is 1. The monoisotopic (exact) mass is 376 g/mol. The number of rotatable bonds is 5. The molecule has 2 aromatic carbocycles. The van der Waals surface area contributed by atoms with Crippen molar-refractivity contribution in [1.82, 2.24) is 14.8 Å². The number of benzene rings is 2. The number of ether oxygens (including phenoxy) is 2. The minimum absolute atomic E-state index is 0.402. The predicted molar refractivity (Wildman–Crippen MR) is 104 cm³/mol. The van der Waals surface area contributed by atoms with Crippen molar-refractivity contribution in [3.63, 3.8) is 0 Å². The van der Waals surface area contributed by atoms with Crippen LogP contribution in [0.15, 0.2) is 72.2 Å². The van der Waals surface area contributed by atoms with Gasteiger partial charge in [0.2, 0.25) is 5.95 Å². The summed E-state index contributed by atoms with van der Waals surface area (Å²) in [5, 5.41) is 7.38. The molecule has 0 fully saturated rings. The summed E-state index contributed by atoms with van der Waals surface area (Å²) in [6.07, 6.45) is 1.46. The molecule has 2 heterocycles. The van der Waals surface area contributed by atoms with E-state index in [2.05, 4.69) is 15.4 Å². The first-order chi connectivity index (χ1) is 13.7. The molecule has 0 saturated carbocycles. The lowest BCUT2D eigenvalue weighted by molar-refractivity contribution is -0.136. The SMILES string of the molecule is COC(=O)C1=C(C)Nc2ncnn2[C@H]1c1ccc(OCc2ccccc2)cc1. The van der Waals surface area contributed by atoms with Crippen molar-refractivity contribution in [2.45, 2.75) is 19.6 Å². The summed E-state index contributed by atoms with van der Waals surface area (Å²) in [6, 6.07) is 17.2. The maximum absolute atomic E-state index is 12.4. The van der Waals surface area contributed by atoms with Gasteiger partial charge in [-0.15, -0.1) is 0 Å². The molecule has 0 bridgehead atoms. The number of methoxy groups -OCH3 is 1. The van der Waals surface area contributed by atoms with E-state index in [4.69, 9.17) is 9.47 Å². The molecule has 4 rings (SSSR count). The fourth-order valence-electron chi connectivity index (χ4n) is 3.26. The Bertz CT molecular complexity index is 1010. The lowest BCUT2D eigenvalue weighted by Gasteiger charge is -2.28. The van der Waals surface area contributed by atoms with Crippen LogP contribution < -0.4 is 10.1 Å². The van der Waals surface area contributed by atoms with Crippen LogP contribution in [0.4, 0.5) is 5.95 Å². The van der Waals surface area contributed by atoms with Crippen LogP contribution >= 0.6 is 0 Å². The molecule has 0 radical (unpaired) electrons. The minimum Gasteiger partial charge on any atom is -0.489 e. The maximum Gasteiger partial charge on any atom is 0.338 e. The van der Waals surface area contributed by atoms with E-state index in [9.17, 15) is 4.79 Å². The third-order valence-electron chi connectivity index (χ3n) is 4.64. The molecular weight excluding hydrogens is 356 g/mol. The van der Waals surface area contributed by atoms with Crippen molar-refractivity contribution >= 4 is 11.9 Å². The van der Waals surface area contributed by atoms with Crippen molar-refractivity contribution in [3.05, 3.63) is 83.3 Å². The quantitative estimate of drug-likeness (QED) is 0.688. The molecule has 0 saturated heterocycles. The number of anilines is 1. The topological polar surface area (TPSA) is 78.3 Å². The van der Waals surface area contributed by atoms with Crippen molar-refractivity contribution in [2.24, 2.45) is 0 Å². The molecular formula is C21H20N4O3. The highest BCUT2D eigenvalue weighted by molar-refractivity contribution is 5.92. The van der Waals surface area contributed by atoms with E-state index in [1.807, 2.05) is 61.5 Å². The fourth-order valence-corrected chi connectivity index (χ4v) is 3.26. The van der Waals surface area contributed by atoms with Crippen LogP contribution in [0, 0.1) is 0 Å². The number of hydrogen-bond acceptors (Lipinski definition) is 6. The van der Waals surface area contributed by atoms with E-state index in [0.717, 1.165) is 16.9 Å². The molecule has 0 aliphatic carbocycles. The predicted octanol–water partition coefficient (Wildman–Crippen LogP) is 3.32. The standard InChI is InChI=1S/C21H20N4O3/c1-14-18(20(26)27-2)19(25-21(24-14)22-13-23-25)16-8-10-17(11-9-16)28-12-15-6-4-3-5-7-15/h3-11,13,19H,12H2,1-2H3,(H,22,23,24)/t19-/m0/s1. The van der Waals surface area contributed by atoms with Crippen LogP contribution in [0.2, 0.25) is 0 Å². The molecule has 0 spiro atoms. The summed E-state index contributed by atoms with van der Waals surface area (Å²) >= 11 is 0. The molecule has 7 nitrogen and oxygen atoms in total. The zero-order valence-corrected chi connectivity index (χ0v) is 15.6. The molecule has 0 amide bonds. The Morgan fingerprint density at radius 1 is 1.14 bits per heavy atom. The van der Waals surface area contributed by atoms with Gasteiger partial charge in [0.25, 0.3) is 0 Å². The van der Waals surface area contributed by atoms with E-state index >= 15 is 0 Å². The highest BCUT2D eigenvalue weighted by Gasteiger charge is 2.33. The Morgan fingerprint density at radius 3 is 2.61 bits per heavy atom. The number of hydrogen-bond donors (Lipinski definition) is 1. The first-order valence-electron chi connectivity index (χ1n) is 8.89. The van der Waals surface area contributed by atoms with Gasteiger partial charge in [0, 0.05) is 5.70 Å². The summed E-state index contributed by atoms with van der Waals surface area (Å²) in [7, 11) is 1.37. The summed E-state index contributed by atoms with van der Waals surface area (Å²) in [5.74, 6) is 0.931. The number of nitrogens with zero attached hydrogens (tertiary/aromatic N) is 3. The first kappa shape index (κ1) is 17.8. The van der Waals surface area contributed by atoms with E-state index in [1.165, 1.54) is 13.4 Å². The highest BCUT2D eigenvalue weighted by atomic mass is 16.5. The minimum atomic E-state index is -0.422. The first-order valence-corrected chi connectivity index (χ1v) is 8.89. The normalized spacial score (nSPS) is 15.6. The molecule has 1 aromatic heterocycles. The summed E-state index contributed by atoms with van der Waals surface area (Å²) in [5.41, 5.74) is 3.18. The Morgan fingerprint density at radius 2 is 1.89 bits per heavy atom. The van der Waals surface area contributed by atoms with Crippen molar-refractivity contribution in [2.75, 3.05) is 12.4 Å². The van der Waals surface area contributed by atoms with Crippen LogP contribution in [0.5, 0.6) is 5.75 Å². The van der Waals surface area contributed by atoms with Gasteiger partial charge < -0.3 is 14.8 Å². The van der Waals surface area contributed by atoms with Crippen LogP contribution in [-0.4, -0.2) is 27.8 Å². The number of carbonyl (C=O) groups is 1. The summed E-state index contributed by atoms with van der Waals surface area (Å²) in [4.78, 5) is 16.6. The average molecular weight is 376 g/mol. The van der Waals surface area contributed by atoms with Gasteiger partial charge in [-0.2, -0.15) is 10.1 Å². The van der Waals surface area contributed by atoms with Crippen LogP contribution in [-0.2, 0) is 16.1 Å². The lowest BCUT2D eigenvalue weighted by Crippen LogP contribution is -2.29. The second kappa shape index (κ2) is 7.56. The zero-order chi connectivity index (χ0) is 19.5. The highest BCUT2D eigenvalue weighted by Crippen LogP contribution is 2.35. The number of carbonyl (C=O) groups excluding carboxylic acids is 1. The van der Waals surface area contributed by atoms with Gasteiger partial charge in [0.1, 0.15) is 24.7 Å². The van der Waals surface area contributed by atoms with E-state index in [0.29, 0.717) is 23.8 Å². The van der Waals surface area contributed by atoms with Crippen molar-refractivity contribution in [3.8, 4) is 5.75 Å². The molecule has 3 aromatic rings. The van der Waals surface area contributed by atoms with Crippen molar-refractivity contribution < 1.29 is 14.3 Å². The van der Waals surface area contributed by atoms with Crippen LogP contribution in [0.1, 0.15) is 24.1 Å². The van der Waals surface area contributed by atoms with Gasteiger partial charge in [-0.1, -0.05) is 42.5 Å². The molecule has 28 heavy (non-hydrogen) atoms. The third-order valence-corrected chi connectivity index (χ3v) is 4.64. The Labute approximate surface area is 162 Å². The molecule has 142 valence electrons. The summed E-state index contributed by atoms with van der Waals surface area (Å²) in [6.45, 7) is 2.32. The third kappa shape index (κ3) is 3.34. The number of nitrogens with one attached hydrogen (secondary N) is 1. The fraction of sp³-hybridized carbons (Fsp3) is 0.190. The molecule has 1 N–H and O–H groups in total. The van der Waals surface area contributed by atoms with Gasteiger partial charge in [-0.3, -0.25) is 0 Å². The smallest absolute Gasteiger partial charge is 0.338 e. The number of aromatic nitrogens is 3. The molecule has 1 atom stereocenters. The van der Waals surface area contributed by atoms with Gasteiger partial charge in [-0.25, -0.2) is 9.48 Å². The molecule has 1 aliphatic rings. The van der Waals surface area contributed by atoms with Gasteiger partial charge in [-0.05, 0) is 30.2 Å². The Kier molecular flexibility index (Phi) is 4.80. The maximum atomic E-state index is 12.4. The molecule has 7 heteroatoms. The number of allylic oxidation sites excluding steroid dienone is 1. The van der Waals surface area contributed by atoms with Gasteiger partial charge >= 0.3 is 5.97 Å². The van der Waals surface area contributed by atoms with Gasteiger partial charge in [0.15, 0.2) is 0 Å². The Balaban J connectivity index is 1.61. The zero-order valence-electron chi connectivity index (χ0n) is 15.6. The second-order valence-electron chi connectivity index (χ2n) is 6.43. The van der Waals surface area contributed by atoms with Gasteiger partial charge in [0.05, 0.1) is 12.7 Å². The van der Waals surface area contributed by atoms with E-state index < -0.39 is 12.0 Å². The number of esters is 1. The van der Waals surface area contributed by atoms with Crippen LogP contribution in [0.3, 0.4) is 0 Å². The van der Waals surface area contributed by atoms with E-state index in [1.54, 1.807) is 4.68 Å². The lowest BCUT2D eigenvalue weighted by atomic mass is 9.96. The van der Waals surface area contributed by atoms with Crippen molar-refractivity contribution in [1.29, 1.82) is 0 Å². The van der Waals surface area contributed by atoms with Crippen LogP contribution in [0.25, 0.3) is 0 Å².